The van der Waals surface area contributed by atoms with Crippen LogP contribution < -0.4 is 0 Å². The molecular formula is C14H14NO6PS. The Kier molecular flexibility index (Phi) is 5.23. The lowest BCUT2D eigenvalue weighted by Gasteiger charge is -2.16. The molecule has 0 fully saturated rings. The molecule has 23 heavy (non-hydrogen) atoms. The first-order valence-electron chi connectivity index (χ1n) is 6.44. The van der Waals surface area contributed by atoms with Gasteiger partial charge in [0.2, 0.25) is 0 Å². The van der Waals surface area contributed by atoms with Crippen LogP contribution in [0.4, 0.5) is 5.69 Å². The van der Waals surface area contributed by atoms with Crippen LogP contribution in [0.15, 0.2) is 52.3 Å². The summed E-state index contributed by atoms with van der Waals surface area (Å²) in [5, 5.41) is 20.7. The van der Waals surface area contributed by atoms with Crippen LogP contribution in [-0.2, 0) is 4.57 Å². The van der Waals surface area contributed by atoms with E-state index < -0.39 is 18.4 Å². The Labute approximate surface area is 136 Å². The number of rotatable bonds is 5. The SMILES string of the molecule is Cc1ccc(Sc2ccc([N+](=O)[O-])cc2C(O)P(=O)(O)O)cc1. The molecule has 3 N–H and O–H groups in total. The summed E-state index contributed by atoms with van der Waals surface area (Å²) < 4.78 is 11.3. The van der Waals surface area contributed by atoms with E-state index in [-0.39, 0.29) is 11.3 Å². The lowest BCUT2D eigenvalue weighted by molar-refractivity contribution is -0.385. The minimum Gasteiger partial charge on any atom is -0.376 e. The standard InChI is InChI=1S/C14H14NO6PS/c1-9-2-5-11(6-3-9)23-13-7-4-10(15(17)18)8-12(13)14(16)22(19,20)21/h2-8,14,16H,1H3,(H2,19,20,21). The monoisotopic (exact) mass is 355 g/mol. The highest BCUT2D eigenvalue weighted by Crippen LogP contribution is 2.52. The van der Waals surface area contributed by atoms with Gasteiger partial charge in [-0.1, -0.05) is 29.5 Å². The van der Waals surface area contributed by atoms with Gasteiger partial charge in [-0.25, -0.2) is 0 Å². The Bertz CT molecular complexity index is 773. The van der Waals surface area contributed by atoms with Crippen molar-refractivity contribution in [2.45, 2.75) is 22.6 Å². The van der Waals surface area contributed by atoms with Crippen molar-refractivity contribution >= 4 is 25.0 Å². The summed E-state index contributed by atoms with van der Waals surface area (Å²) in [7, 11) is -4.85. The van der Waals surface area contributed by atoms with E-state index >= 15 is 0 Å². The first kappa shape index (κ1) is 17.7. The van der Waals surface area contributed by atoms with Crippen molar-refractivity contribution in [2.24, 2.45) is 0 Å². The van der Waals surface area contributed by atoms with E-state index in [1.807, 2.05) is 31.2 Å². The second-order valence-corrected chi connectivity index (χ2v) is 7.64. The molecule has 1 atom stereocenters. The van der Waals surface area contributed by atoms with Crippen molar-refractivity contribution in [1.29, 1.82) is 0 Å². The van der Waals surface area contributed by atoms with Crippen molar-refractivity contribution in [1.82, 2.24) is 0 Å². The normalized spacial score (nSPS) is 12.9. The zero-order valence-electron chi connectivity index (χ0n) is 12.0. The number of aliphatic hydroxyl groups excluding tert-OH is 1. The van der Waals surface area contributed by atoms with Crippen LogP contribution in [0.25, 0.3) is 0 Å². The van der Waals surface area contributed by atoms with Crippen LogP contribution in [-0.4, -0.2) is 19.8 Å². The molecule has 0 aliphatic carbocycles. The number of aliphatic hydroxyl groups is 1. The van der Waals surface area contributed by atoms with Crippen LogP contribution in [0.3, 0.4) is 0 Å². The molecule has 0 bridgehead atoms. The maximum absolute atomic E-state index is 11.3. The average Bonchev–Trinajstić information content (AvgIpc) is 2.48. The van der Waals surface area contributed by atoms with Gasteiger partial charge in [-0.05, 0) is 25.1 Å². The highest BCUT2D eigenvalue weighted by Gasteiger charge is 2.31. The second kappa shape index (κ2) is 6.82. The van der Waals surface area contributed by atoms with Gasteiger partial charge in [0.25, 0.3) is 5.69 Å². The van der Waals surface area contributed by atoms with Gasteiger partial charge in [-0.2, -0.15) is 0 Å². The minimum absolute atomic E-state index is 0.168. The minimum atomic E-state index is -4.85. The number of benzene rings is 2. The van der Waals surface area contributed by atoms with Gasteiger partial charge in [0.05, 0.1) is 4.92 Å². The van der Waals surface area contributed by atoms with E-state index in [0.29, 0.717) is 4.90 Å². The third-order valence-electron chi connectivity index (χ3n) is 3.05. The second-order valence-electron chi connectivity index (χ2n) is 4.86. The number of hydrogen-bond acceptors (Lipinski definition) is 5. The van der Waals surface area contributed by atoms with E-state index in [1.54, 1.807) is 0 Å². The Morgan fingerprint density at radius 1 is 1.17 bits per heavy atom. The van der Waals surface area contributed by atoms with Gasteiger partial charge in [-0.3, -0.25) is 14.7 Å². The fourth-order valence-corrected chi connectivity index (χ4v) is 3.47. The van der Waals surface area contributed by atoms with Crippen molar-refractivity contribution in [3.8, 4) is 0 Å². The number of nitro groups is 1. The summed E-state index contributed by atoms with van der Waals surface area (Å²) in [5.41, 5.74) is 0.535. The zero-order valence-corrected chi connectivity index (χ0v) is 13.7. The lowest BCUT2D eigenvalue weighted by atomic mass is 10.2. The molecule has 0 spiro atoms. The van der Waals surface area contributed by atoms with E-state index in [1.165, 1.54) is 12.1 Å². The number of nitro benzene ring substituents is 1. The van der Waals surface area contributed by atoms with Crippen molar-refractivity contribution in [2.75, 3.05) is 0 Å². The fourth-order valence-electron chi connectivity index (χ4n) is 1.86. The Morgan fingerprint density at radius 3 is 2.30 bits per heavy atom. The number of aryl methyl sites for hydroxylation is 1. The van der Waals surface area contributed by atoms with Crippen molar-refractivity contribution < 1.29 is 24.4 Å². The quantitative estimate of drug-likeness (QED) is 0.428. The lowest BCUT2D eigenvalue weighted by Crippen LogP contribution is -2.02. The van der Waals surface area contributed by atoms with Gasteiger partial charge in [0.1, 0.15) is 0 Å². The Hall–Kier alpha value is -1.70. The molecule has 0 heterocycles. The van der Waals surface area contributed by atoms with Crippen LogP contribution in [0, 0.1) is 17.0 Å². The van der Waals surface area contributed by atoms with Crippen LogP contribution in [0.2, 0.25) is 0 Å². The maximum atomic E-state index is 11.3. The molecule has 122 valence electrons. The molecule has 1 unspecified atom stereocenters. The molecule has 0 aliphatic heterocycles. The van der Waals surface area contributed by atoms with Crippen molar-refractivity contribution in [3.05, 3.63) is 63.7 Å². The fraction of sp³-hybridized carbons (Fsp3) is 0.143. The van der Waals surface area contributed by atoms with Gasteiger partial charge in [-0.15, -0.1) is 0 Å². The maximum Gasteiger partial charge on any atom is 0.358 e. The summed E-state index contributed by atoms with van der Waals surface area (Å²) in [5.74, 6) is -2.12. The third kappa shape index (κ3) is 4.40. The topological polar surface area (TPSA) is 121 Å². The number of hydrogen-bond donors (Lipinski definition) is 3. The predicted octanol–water partition coefficient (Wildman–Crippen LogP) is 3.22. The first-order chi connectivity index (χ1) is 10.7. The molecule has 2 rings (SSSR count). The zero-order chi connectivity index (χ0) is 17.2. The van der Waals surface area contributed by atoms with E-state index in [0.717, 1.165) is 28.3 Å². The third-order valence-corrected chi connectivity index (χ3v) is 5.06. The Balaban J connectivity index is 2.47. The Morgan fingerprint density at radius 2 is 1.78 bits per heavy atom. The summed E-state index contributed by atoms with van der Waals surface area (Å²) in [6.45, 7) is 1.92. The summed E-state index contributed by atoms with van der Waals surface area (Å²) in [6, 6.07) is 11.0. The van der Waals surface area contributed by atoms with Crippen LogP contribution in [0.5, 0.6) is 0 Å². The predicted molar refractivity (Wildman–Crippen MR) is 85.4 cm³/mol. The number of non-ortho nitro benzene ring substituents is 1. The largest absolute Gasteiger partial charge is 0.376 e. The van der Waals surface area contributed by atoms with Gasteiger partial charge >= 0.3 is 7.60 Å². The van der Waals surface area contributed by atoms with Crippen molar-refractivity contribution in [3.63, 3.8) is 0 Å². The highest BCUT2D eigenvalue weighted by atomic mass is 32.2. The highest BCUT2D eigenvalue weighted by molar-refractivity contribution is 7.99. The van der Waals surface area contributed by atoms with E-state index in [4.69, 9.17) is 0 Å². The van der Waals surface area contributed by atoms with Crippen LogP contribution >= 0.6 is 19.4 Å². The first-order valence-corrected chi connectivity index (χ1v) is 8.94. The molecule has 0 saturated carbocycles. The molecule has 2 aromatic rings. The van der Waals surface area contributed by atoms with Gasteiger partial charge in [0.15, 0.2) is 5.85 Å². The summed E-state index contributed by atoms with van der Waals surface area (Å²) in [4.78, 5) is 29.7. The molecular weight excluding hydrogens is 341 g/mol. The summed E-state index contributed by atoms with van der Waals surface area (Å²) in [6.07, 6.45) is 0. The molecule has 7 nitrogen and oxygen atoms in total. The molecule has 0 amide bonds. The van der Waals surface area contributed by atoms with Crippen LogP contribution in [0.1, 0.15) is 17.0 Å². The molecule has 0 aromatic heterocycles. The summed E-state index contributed by atoms with van der Waals surface area (Å²) >= 11 is 1.16. The smallest absolute Gasteiger partial charge is 0.358 e. The molecule has 0 saturated heterocycles. The molecule has 2 aromatic carbocycles. The average molecular weight is 355 g/mol. The molecule has 9 heteroatoms. The van der Waals surface area contributed by atoms with E-state index in [9.17, 15) is 29.6 Å². The number of nitrogens with zero attached hydrogens (tertiary/aromatic N) is 1. The molecule has 0 radical (unpaired) electrons. The molecule has 0 aliphatic rings. The van der Waals surface area contributed by atoms with Gasteiger partial charge in [0, 0.05) is 27.5 Å². The van der Waals surface area contributed by atoms with E-state index in [2.05, 4.69) is 0 Å². The van der Waals surface area contributed by atoms with Gasteiger partial charge < -0.3 is 14.9 Å².